The minimum Gasteiger partial charge on any atom is -0.375 e. The summed E-state index contributed by atoms with van der Waals surface area (Å²) in [5.74, 6) is 0.0598. The summed E-state index contributed by atoms with van der Waals surface area (Å²) in [5.41, 5.74) is 2.94. The summed E-state index contributed by atoms with van der Waals surface area (Å²) in [6.07, 6.45) is 4.48. The van der Waals surface area contributed by atoms with Crippen LogP contribution < -0.4 is 0 Å². The van der Waals surface area contributed by atoms with Crippen molar-refractivity contribution in [2.45, 2.75) is 38.7 Å². The Kier molecular flexibility index (Phi) is 3.07. The van der Waals surface area contributed by atoms with Gasteiger partial charge in [0.1, 0.15) is 0 Å². The van der Waals surface area contributed by atoms with Gasteiger partial charge in [0.15, 0.2) is 5.69 Å². The van der Waals surface area contributed by atoms with Crippen molar-refractivity contribution in [1.82, 2.24) is 15.1 Å². The van der Waals surface area contributed by atoms with Gasteiger partial charge in [-0.05, 0) is 32.6 Å². The lowest BCUT2D eigenvalue weighted by atomic mass is 9.95. The molecule has 1 amide bonds. The van der Waals surface area contributed by atoms with E-state index >= 15 is 0 Å². The van der Waals surface area contributed by atoms with Crippen LogP contribution in [0.1, 0.15) is 41.5 Å². The topological polar surface area (TPSA) is 58.2 Å². The van der Waals surface area contributed by atoms with Crippen LogP contribution in [0, 0.1) is 0 Å². The molecular formula is C13H19N3O2. The van der Waals surface area contributed by atoms with E-state index in [0.717, 1.165) is 30.5 Å². The summed E-state index contributed by atoms with van der Waals surface area (Å²) < 4.78 is 5.47. The average Bonchev–Trinajstić information content (AvgIpc) is 2.82. The zero-order valence-electron chi connectivity index (χ0n) is 10.7. The number of aromatic amines is 1. The van der Waals surface area contributed by atoms with Gasteiger partial charge < -0.3 is 9.64 Å². The molecule has 18 heavy (non-hydrogen) atoms. The Balaban J connectivity index is 1.81. The molecule has 5 nitrogen and oxygen atoms in total. The Bertz CT molecular complexity index is 455. The molecule has 1 atom stereocenters. The SMILES string of the molecule is CC1CN(C(=O)c2n[nH]c3c2CCCC3)CCO1. The third-order valence-corrected chi connectivity index (χ3v) is 3.79. The van der Waals surface area contributed by atoms with Gasteiger partial charge in [0, 0.05) is 24.3 Å². The van der Waals surface area contributed by atoms with Crippen LogP contribution >= 0.6 is 0 Å². The molecule has 98 valence electrons. The number of aromatic nitrogens is 2. The van der Waals surface area contributed by atoms with Crippen molar-refractivity contribution < 1.29 is 9.53 Å². The van der Waals surface area contributed by atoms with E-state index < -0.39 is 0 Å². The van der Waals surface area contributed by atoms with Gasteiger partial charge in [-0.1, -0.05) is 0 Å². The Hall–Kier alpha value is -1.36. The van der Waals surface area contributed by atoms with Gasteiger partial charge >= 0.3 is 0 Å². The fourth-order valence-electron chi connectivity index (χ4n) is 2.81. The minimum absolute atomic E-state index is 0.0598. The number of amides is 1. The first-order valence-electron chi connectivity index (χ1n) is 6.72. The number of rotatable bonds is 1. The van der Waals surface area contributed by atoms with Crippen LogP contribution in [-0.4, -0.2) is 46.8 Å². The fraction of sp³-hybridized carbons (Fsp3) is 0.692. The number of ether oxygens (including phenoxy) is 1. The molecule has 1 N–H and O–H groups in total. The molecule has 0 saturated carbocycles. The van der Waals surface area contributed by atoms with Gasteiger partial charge in [-0.25, -0.2) is 0 Å². The van der Waals surface area contributed by atoms with E-state index in [0.29, 0.717) is 25.4 Å². The van der Waals surface area contributed by atoms with E-state index in [1.807, 2.05) is 11.8 Å². The molecule has 1 fully saturated rings. The summed E-state index contributed by atoms with van der Waals surface area (Å²) in [6.45, 7) is 3.96. The number of nitrogens with one attached hydrogen (secondary N) is 1. The maximum atomic E-state index is 12.5. The van der Waals surface area contributed by atoms with Crippen molar-refractivity contribution in [2.24, 2.45) is 0 Å². The molecular weight excluding hydrogens is 230 g/mol. The number of H-pyrrole nitrogens is 1. The smallest absolute Gasteiger partial charge is 0.274 e. The summed E-state index contributed by atoms with van der Waals surface area (Å²) in [4.78, 5) is 14.3. The number of hydrogen-bond acceptors (Lipinski definition) is 3. The van der Waals surface area contributed by atoms with Crippen LogP contribution in [0.25, 0.3) is 0 Å². The van der Waals surface area contributed by atoms with Crippen LogP contribution in [0.4, 0.5) is 0 Å². The molecule has 5 heteroatoms. The summed E-state index contributed by atoms with van der Waals surface area (Å²) >= 11 is 0. The number of carbonyl (C=O) groups is 1. The highest BCUT2D eigenvalue weighted by Gasteiger charge is 2.28. The molecule has 1 unspecified atom stereocenters. The maximum absolute atomic E-state index is 12.5. The molecule has 0 radical (unpaired) electrons. The molecule has 0 aromatic carbocycles. The van der Waals surface area contributed by atoms with Gasteiger partial charge in [-0.2, -0.15) is 5.10 Å². The van der Waals surface area contributed by atoms with Crippen LogP contribution in [-0.2, 0) is 17.6 Å². The zero-order chi connectivity index (χ0) is 12.5. The number of nitrogens with zero attached hydrogens (tertiary/aromatic N) is 2. The third-order valence-electron chi connectivity index (χ3n) is 3.79. The molecule has 1 aliphatic carbocycles. The second kappa shape index (κ2) is 4.72. The summed E-state index contributed by atoms with van der Waals surface area (Å²) in [6, 6.07) is 0. The molecule has 1 aliphatic heterocycles. The van der Waals surface area contributed by atoms with Crippen LogP contribution in [0.3, 0.4) is 0 Å². The minimum atomic E-state index is 0.0598. The van der Waals surface area contributed by atoms with Crippen molar-refractivity contribution >= 4 is 5.91 Å². The number of carbonyl (C=O) groups excluding carboxylic acids is 1. The van der Waals surface area contributed by atoms with Gasteiger partial charge in [-0.3, -0.25) is 9.89 Å². The molecule has 0 bridgehead atoms. The monoisotopic (exact) mass is 249 g/mol. The Morgan fingerprint density at radius 2 is 2.28 bits per heavy atom. The zero-order valence-corrected chi connectivity index (χ0v) is 10.7. The normalized spacial score (nSPS) is 23.8. The van der Waals surface area contributed by atoms with Crippen molar-refractivity contribution in [1.29, 1.82) is 0 Å². The first-order valence-corrected chi connectivity index (χ1v) is 6.72. The van der Waals surface area contributed by atoms with E-state index in [1.165, 1.54) is 6.42 Å². The first kappa shape index (κ1) is 11.7. The predicted octanol–water partition coefficient (Wildman–Crippen LogP) is 1.15. The highest BCUT2D eigenvalue weighted by atomic mass is 16.5. The van der Waals surface area contributed by atoms with E-state index in [-0.39, 0.29) is 12.0 Å². The molecule has 2 heterocycles. The Morgan fingerprint density at radius 1 is 1.44 bits per heavy atom. The number of hydrogen-bond donors (Lipinski definition) is 1. The van der Waals surface area contributed by atoms with E-state index in [2.05, 4.69) is 10.2 Å². The van der Waals surface area contributed by atoms with Gasteiger partial charge in [0.25, 0.3) is 5.91 Å². The number of aryl methyl sites for hydroxylation is 1. The van der Waals surface area contributed by atoms with Gasteiger partial charge in [0.2, 0.25) is 0 Å². The third kappa shape index (κ3) is 2.03. The van der Waals surface area contributed by atoms with Crippen molar-refractivity contribution in [3.05, 3.63) is 17.0 Å². The highest BCUT2D eigenvalue weighted by Crippen LogP contribution is 2.23. The molecule has 1 aromatic rings. The maximum Gasteiger partial charge on any atom is 0.274 e. The quantitative estimate of drug-likeness (QED) is 0.812. The number of morpholine rings is 1. The van der Waals surface area contributed by atoms with Crippen molar-refractivity contribution in [3.63, 3.8) is 0 Å². The first-order chi connectivity index (χ1) is 8.75. The Morgan fingerprint density at radius 3 is 3.11 bits per heavy atom. The fourth-order valence-corrected chi connectivity index (χ4v) is 2.81. The second-order valence-electron chi connectivity index (χ2n) is 5.17. The second-order valence-corrected chi connectivity index (χ2v) is 5.17. The van der Waals surface area contributed by atoms with Gasteiger partial charge in [-0.15, -0.1) is 0 Å². The van der Waals surface area contributed by atoms with Gasteiger partial charge in [0.05, 0.1) is 12.7 Å². The van der Waals surface area contributed by atoms with E-state index in [4.69, 9.17) is 4.74 Å². The molecule has 1 aromatic heterocycles. The molecule has 0 spiro atoms. The average molecular weight is 249 g/mol. The lowest BCUT2D eigenvalue weighted by molar-refractivity contribution is -0.0126. The lowest BCUT2D eigenvalue weighted by Crippen LogP contribution is -2.44. The van der Waals surface area contributed by atoms with E-state index in [9.17, 15) is 4.79 Å². The van der Waals surface area contributed by atoms with Crippen LogP contribution in [0.2, 0.25) is 0 Å². The van der Waals surface area contributed by atoms with Crippen LogP contribution in [0.15, 0.2) is 0 Å². The molecule has 3 rings (SSSR count). The standard InChI is InChI=1S/C13H19N3O2/c1-9-8-16(6-7-18-9)13(17)12-10-4-2-3-5-11(10)14-15-12/h9H,2-8H2,1H3,(H,14,15). The molecule has 1 saturated heterocycles. The number of fused-ring (bicyclic) bond motifs is 1. The highest BCUT2D eigenvalue weighted by molar-refractivity contribution is 5.94. The molecule has 2 aliphatic rings. The van der Waals surface area contributed by atoms with Crippen molar-refractivity contribution in [2.75, 3.05) is 19.7 Å². The lowest BCUT2D eigenvalue weighted by Gasteiger charge is -2.31. The summed E-state index contributed by atoms with van der Waals surface area (Å²) in [7, 11) is 0. The van der Waals surface area contributed by atoms with Crippen molar-refractivity contribution in [3.8, 4) is 0 Å². The largest absolute Gasteiger partial charge is 0.375 e. The Labute approximate surface area is 107 Å². The summed E-state index contributed by atoms with van der Waals surface area (Å²) in [5, 5.41) is 7.27. The predicted molar refractivity (Wildman–Crippen MR) is 66.5 cm³/mol. The van der Waals surface area contributed by atoms with Crippen LogP contribution in [0.5, 0.6) is 0 Å². The van der Waals surface area contributed by atoms with E-state index in [1.54, 1.807) is 0 Å².